The van der Waals surface area contributed by atoms with Crippen LogP contribution in [0, 0.1) is 0 Å². The molecule has 0 bridgehead atoms. The molecule has 0 aromatic heterocycles. The van der Waals surface area contributed by atoms with Gasteiger partial charge in [-0.15, -0.1) is 0 Å². The molecular weight excluding hydrogens is 238 g/mol. The highest BCUT2D eigenvalue weighted by atomic mass is 35.5. The van der Waals surface area contributed by atoms with Crippen molar-refractivity contribution in [3.8, 4) is 0 Å². The number of carbonyl (C=O) groups excluding carboxylic acids is 1. The van der Waals surface area contributed by atoms with Crippen LogP contribution in [0.3, 0.4) is 0 Å². The first-order chi connectivity index (χ1) is 7.97. The van der Waals surface area contributed by atoms with Crippen molar-refractivity contribution in [1.82, 2.24) is 4.90 Å². The average molecular weight is 256 g/mol. The number of halogens is 1. The fourth-order valence-corrected chi connectivity index (χ4v) is 1.77. The van der Waals surface area contributed by atoms with Crippen molar-refractivity contribution in [1.29, 1.82) is 0 Å². The summed E-state index contributed by atoms with van der Waals surface area (Å²) in [5, 5.41) is 0.676. The van der Waals surface area contributed by atoms with Gasteiger partial charge in [0.2, 0.25) is 0 Å². The summed E-state index contributed by atoms with van der Waals surface area (Å²) in [6, 6.07) is 7.49. The maximum atomic E-state index is 11.9. The second-order valence-corrected chi connectivity index (χ2v) is 4.49. The molecule has 0 heterocycles. The lowest BCUT2D eigenvalue weighted by Gasteiger charge is -2.27. The van der Waals surface area contributed by atoms with Gasteiger partial charge in [-0.25, -0.2) is 0 Å². The molecule has 0 aliphatic heterocycles. The Morgan fingerprint density at radius 3 is 2.59 bits per heavy atom. The van der Waals surface area contributed by atoms with E-state index in [1.165, 1.54) is 7.11 Å². The number of ether oxygens (including phenoxy) is 1. The van der Waals surface area contributed by atoms with Gasteiger partial charge in [0, 0.05) is 19.2 Å². The molecular formula is C13H18ClNO2. The van der Waals surface area contributed by atoms with E-state index in [-0.39, 0.29) is 11.9 Å². The Morgan fingerprint density at radius 1 is 1.41 bits per heavy atom. The zero-order valence-electron chi connectivity index (χ0n) is 10.6. The molecule has 17 heavy (non-hydrogen) atoms. The SMILES string of the molecule is COC(C)C(=O)N(C)C(C)c1cccc(Cl)c1. The lowest BCUT2D eigenvalue weighted by molar-refractivity contribution is -0.141. The highest BCUT2D eigenvalue weighted by molar-refractivity contribution is 6.30. The lowest BCUT2D eigenvalue weighted by atomic mass is 10.1. The lowest BCUT2D eigenvalue weighted by Crippen LogP contribution is -2.37. The molecule has 0 saturated carbocycles. The summed E-state index contributed by atoms with van der Waals surface area (Å²) in [4.78, 5) is 13.6. The smallest absolute Gasteiger partial charge is 0.251 e. The first-order valence-electron chi connectivity index (χ1n) is 5.52. The first-order valence-corrected chi connectivity index (χ1v) is 5.90. The molecule has 0 radical (unpaired) electrons. The third kappa shape index (κ3) is 3.45. The van der Waals surface area contributed by atoms with Crippen LogP contribution in [-0.4, -0.2) is 31.1 Å². The van der Waals surface area contributed by atoms with Crippen molar-refractivity contribution in [3.05, 3.63) is 34.9 Å². The Bertz CT molecular complexity index is 395. The van der Waals surface area contributed by atoms with Gasteiger partial charge in [0.05, 0.1) is 6.04 Å². The van der Waals surface area contributed by atoms with Crippen molar-refractivity contribution < 1.29 is 9.53 Å². The standard InChI is InChI=1S/C13H18ClNO2/c1-9(11-6-5-7-12(14)8-11)15(3)13(16)10(2)17-4/h5-10H,1-4H3. The Hall–Kier alpha value is -1.06. The van der Waals surface area contributed by atoms with Gasteiger partial charge in [-0.1, -0.05) is 23.7 Å². The number of likely N-dealkylation sites (N-methyl/N-ethyl adjacent to an activating group) is 1. The minimum absolute atomic E-state index is 0.0289. The van der Waals surface area contributed by atoms with E-state index in [0.29, 0.717) is 5.02 Å². The Labute approximate surface area is 107 Å². The quantitative estimate of drug-likeness (QED) is 0.828. The molecule has 1 aromatic carbocycles. The second-order valence-electron chi connectivity index (χ2n) is 4.06. The van der Waals surface area contributed by atoms with Crippen LogP contribution in [0.25, 0.3) is 0 Å². The van der Waals surface area contributed by atoms with E-state index >= 15 is 0 Å². The molecule has 0 aliphatic carbocycles. The molecule has 3 nitrogen and oxygen atoms in total. The van der Waals surface area contributed by atoms with Crippen LogP contribution >= 0.6 is 11.6 Å². The highest BCUT2D eigenvalue weighted by Crippen LogP contribution is 2.22. The number of rotatable bonds is 4. The van der Waals surface area contributed by atoms with Crippen molar-refractivity contribution in [2.45, 2.75) is 26.0 Å². The van der Waals surface area contributed by atoms with Crippen LogP contribution in [0.4, 0.5) is 0 Å². The molecule has 1 aromatic rings. The van der Waals surface area contributed by atoms with Crippen molar-refractivity contribution in [2.24, 2.45) is 0 Å². The van der Waals surface area contributed by atoms with E-state index in [1.807, 2.05) is 31.2 Å². The van der Waals surface area contributed by atoms with Gasteiger partial charge in [0.15, 0.2) is 0 Å². The largest absolute Gasteiger partial charge is 0.372 e. The summed E-state index contributed by atoms with van der Waals surface area (Å²) >= 11 is 5.93. The van der Waals surface area contributed by atoms with Crippen LogP contribution in [0.2, 0.25) is 5.02 Å². The molecule has 1 rings (SSSR count). The van der Waals surface area contributed by atoms with E-state index in [2.05, 4.69) is 0 Å². The normalized spacial score (nSPS) is 14.2. The number of hydrogen-bond acceptors (Lipinski definition) is 2. The van der Waals surface area contributed by atoms with Crippen LogP contribution in [0.5, 0.6) is 0 Å². The molecule has 0 saturated heterocycles. The zero-order valence-corrected chi connectivity index (χ0v) is 11.4. The summed E-state index contributed by atoms with van der Waals surface area (Å²) < 4.78 is 5.03. The molecule has 0 spiro atoms. The van der Waals surface area contributed by atoms with E-state index in [0.717, 1.165) is 5.56 Å². The molecule has 0 aliphatic rings. The molecule has 2 atom stereocenters. The summed E-state index contributed by atoms with van der Waals surface area (Å²) in [6.45, 7) is 3.70. The number of carbonyl (C=O) groups is 1. The Morgan fingerprint density at radius 2 is 2.06 bits per heavy atom. The van der Waals surface area contributed by atoms with Gasteiger partial charge >= 0.3 is 0 Å². The number of benzene rings is 1. The molecule has 0 N–H and O–H groups in total. The van der Waals surface area contributed by atoms with Crippen LogP contribution in [-0.2, 0) is 9.53 Å². The zero-order chi connectivity index (χ0) is 13.0. The van der Waals surface area contributed by atoms with Crippen LogP contribution < -0.4 is 0 Å². The third-order valence-corrected chi connectivity index (χ3v) is 3.20. The van der Waals surface area contributed by atoms with Crippen molar-refractivity contribution in [3.63, 3.8) is 0 Å². The summed E-state index contributed by atoms with van der Waals surface area (Å²) in [7, 11) is 3.30. The number of amides is 1. The molecule has 2 unspecified atom stereocenters. The van der Waals surface area contributed by atoms with Crippen LogP contribution in [0.1, 0.15) is 25.5 Å². The summed E-state index contributed by atoms with van der Waals surface area (Å²) in [5.74, 6) is -0.0417. The minimum atomic E-state index is -0.429. The number of hydrogen-bond donors (Lipinski definition) is 0. The van der Waals surface area contributed by atoms with Crippen molar-refractivity contribution >= 4 is 17.5 Å². The second kappa shape index (κ2) is 6.03. The minimum Gasteiger partial charge on any atom is -0.372 e. The van der Waals surface area contributed by atoms with E-state index in [4.69, 9.17) is 16.3 Å². The van der Waals surface area contributed by atoms with E-state index in [9.17, 15) is 4.79 Å². The van der Waals surface area contributed by atoms with E-state index < -0.39 is 6.10 Å². The third-order valence-electron chi connectivity index (χ3n) is 2.96. The molecule has 4 heteroatoms. The predicted octanol–water partition coefficient (Wildman–Crippen LogP) is 2.89. The van der Waals surface area contributed by atoms with Crippen LogP contribution in [0.15, 0.2) is 24.3 Å². The fourth-order valence-electron chi connectivity index (χ4n) is 1.57. The van der Waals surface area contributed by atoms with Gasteiger partial charge in [0.25, 0.3) is 5.91 Å². The highest BCUT2D eigenvalue weighted by Gasteiger charge is 2.22. The Kier molecular flexibility index (Phi) is 4.97. The predicted molar refractivity (Wildman–Crippen MR) is 69.1 cm³/mol. The molecule has 0 fully saturated rings. The van der Waals surface area contributed by atoms with Crippen molar-refractivity contribution in [2.75, 3.05) is 14.2 Å². The van der Waals surface area contributed by atoms with Gasteiger partial charge in [-0.2, -0.15) is 0 Å². The van der Waals surface area contributed by atoms with Gasteiger partial charge in [-0.3, -0.25) is 4.79 Å². The molecule has 94 valence electrons. The maximum absolute atomic E-state index is 11.9. The summed E-state index contributed by atoms with van der Waals surface area (Å²) in [6.07, 6.45) is -0.429. The molecule has 1 amide bonds. The van der Waals surface area contributed by atoms with Gasteiger partial charge < -0.3 is 9.64 Å². The average Bonchev–Trinajstić information content (AvgIpc) is 2.35. The Balaban J connectivity index is 2.82. The van der Waals surface area contributed by atoms with Gasteiger partial charge in [-0.05, 0) is 31.5 Å². The summed E-state index contributed by atoms with van der Waals surface area (Å²) in [5.41, 5.74) is 1.01. The number of methoxy groups -OCH3 is 1. The first kappa shape index (κ1) is 14.0. The van der Waals surface area contributed by atoms with Gasteiger partial charge in [0.1, 0.15) is 6.10 Å². The monoisotopic (exact) mass is 255 g/mol. The topological polar surface area (TPSA) is 29.5 Å². The fraction of sp³-hybridized carbons (Fsp3) is 0.462. The van der Waals surface area contributed by atoms with E-state index in [1.54, 1.807) is 18.9 Å². The number of nitrogens with zero attached hydrogens (tertiary/aromatic N) is 1. The maximum Gasteiger partial charge on any atom is 0.251 e.